The number of likely N-dealkylation sites (tertiary alicyclic amines) is 1. The predicted molar refractivity (Wildman–Crippen MR) is 76.8 cm³/mol. The van der Waals surface area contributed by atoms with Crippen molar-refractivity contribution in [1.29, 1.82) is 0 Å². The molecule has 0 spiro atoms. The lowest BCUT2D eigenvalue weighted by Gasteiger charge is -2.23. The summed E-state index contributed by atoms with van der Waals surface area (Å²) in [6.45, 7) is 3.96. The first-order valence-electron chi connectivity index (χ1n) is 7.18. The van der Waals surface area contributed by atoms with Gasteiger partial charge in [-0.1, -0.05) is 42.0 Å². The summed E-state index contributed by atoms with van der Waals surface area (Å²) in [5.74, 6) is -0.282. The van der Waals surface area contributed by atoms with Gasteiger partial charge in [0.25, 0.3) is 0 Å². The van der Waals surface area contributed by atoms with Gasteiger partial charge in [-0.25, -0.2) is 0 Å². The molecule has 3 rings (SSSR count). The van der Waals surface area contributed by atoms with Gasteiger partial charge in [-0.05, 0) is 32.3 Å². The summed E-state index contributed by atoms with van der Waals surface area (Å²) in [4.78, 5) is 26.5. The molecule has 3 heteroatoms. The molecule has 1 aliphatic carbocycles. The summed E-state index contributed by atoms with van der Waals surface area (Å²) < 4.78 is 0. The van der Waals surface area contributed by atoms with Crippen molar-refractivity contribution in [2.75, 3.05) is 0 Å². The number of allylic oxidation sites excluding steroid dienone is 2. The Morgan fingerprint density at radius 1 is 1.00 bits per heavy atom. The van der Waals surface area contributed by atoms with Crippen molar-refractivity contribution in [3.8, 4) is 0 Å². The molecule has 1 fully saturated rings. The summed E-state index contributed by atoms with van der Waals surface area (Å²) in [5, 5.41) is 0. The van der Waals surface area contributed by atoms with E-state index < -0.39 is 0 Å². The van der Waals surface area contributed by atoms with E-state index in [4.69, 9.17) is 0 Å². The Labute approximate surface area is 119 Å². The fourth-order valence-corrected chi connectivity index (χ4v) is 3.20. The SMILES string of the molecule is Cc1ccc([C@H](C)N2C(=O)[C@H]3CC=CC[C@H]3C2=O)cc1. The number of amides is 2. The molecule has 3 atom stereocenters. The Morgan fingerprint density at radius 2 is 1.50 bits per heavy atom. The van der Waals surface area contributed by atoms with E-state index in [0.29, 0.717) is 12.8 Å². The number of aryl methyl sites for hydroxylation is 1. The molecule has 0 bridgehead atoms. The van der Waals surface area contributed by atoms with Gasteiger partial charge < -0.3 is 0 Å². The maximum Gasteiger partial charge on any atom is 0.233 e. The lowest BCUT2D eigenvalue weighted by molar-refractivity contribution is -0.142. The van der Waals surface area contributed by atoms with Crippen molar-refractivity contribution in [3.05, 3.63) is 47.5 Å². The zero-order chi connectivity index (χ0) is 14.3. The van der Waals surface area contributed by atoms with Gasteiger partial charge in [0.05, 0.1) is 17.9 Å². The minimum absolute atomic E-state index is 0.00238. The van der Waals surface area contributed by atoms with Crippen LogP contribution in [-0.4, -0.2) is 16.7 Å². The van der Waals surface area contributed by atoms with Crippen LogP contribution in [0.25, 0.3) is 0 Å². The first-order valence-corrected chi connectivity index (χ1v) is 7.18. The van der Waals surface area contributed by atoms with E-state index in [1.165, 1.54) is 10.5 Å². The van der Waals surface area contributed by atoms with E-state index in [2.05, 4.69) is 0 Å². The average Bonchev–Trinajstić information content (AvgIpc) is 2.72. The van der Waals surface area contributed by atoms with E-state index in [1.807, 2.05) is 50.3 Å². The number of benzene rings is 1. The van der Waals surface area contributed by atoms with Crippen LogP contribution in [0.4, 0.5) is 0 Å². The molecule has 1 saturated heterocycles. The summed E-state index contributed by atoms with van der Waals surface area (Å²) in [7, 11) is 0. The van der Waals surface area contributed by atoms with Crippen LogP contribution in [0.5, 0.6) is 0 Å². The lowest BCUT2D eigenvalue weighted by atomic mass is 9.85. The van der Waals surface area contributed by atoms with Crippen LogP contribution < -0.4 is 0 Å². The van der Waals surface area contributed by atoms with Gasteiger partial charge in [0.15, 0.2) is 0 Å². The van der Waals surface area contributed by atoms with Gasteiger partial charge >= 0.3 is 0 Å². The first-order chi connectivity index (χ1) is 9.59. The van der Waals surface area contributed by atoms with Crippen LogP contribution in [0, 0.1) is 18.8 Å². The molecule has 20 heavy (non-hydrogen) atoms. The Kier molecular flexibility index (Phi) is 3.20. The molecule has 2 aliphatic rings. The standard InChI is InChI=1S/C17H19NO2/c1-11-7-9-13(10-8-11)12(2)18-16(19)14-5-3-4-6-15(14)17(18)20/h3-4,7-10,12,14-15H,5-6H2,1-2H3/t12-,14-,15+/m0/s1. The van der Waals surface area contributed by atoms with Crippen LogP contribution >= 0.6 is 0 Å². The predicted octanol–water partition coefficient (Wildman–Crippen LogP) is 3.01. The first kappa shape index (κ1) is 13.1. The molecule has 0 saturated carbocycles. The topological polar surface area (TPSA) is 37.4 Å². The molecule has 1 aromatic carbocycles. The van der Waals surface area contributed by atoms with Crippen LogP contribution in [0.15, 0.2) is 36.4 Å². The third-order valence-corrected chi connectivity index (χ3v) is 4.49. The van der Waals surface area contributed by atoms with Gasteiger partial charge in [0.1, 0.15) is 0 Å². The maximum absolute atomic E-state index is 12.5. The second-order valence-electron chi connectivity index (χ2n) is 5.79. The average molecular weight is 269 g/mol. The minimum Gasteiger partial charge on any atom is -0.275 e. The highest BCUT2D eigenvalue weighted by molar-refractivity contribution is 6.05. The van der Waals surface area contributed by atoms with Gasteiger partial charge in [0, 0.05) is 0 Å². The number of hydrogen-bond acceptors (Lipinski definition) is 2. The molecule has 3 nitrogen and oxygen atoms in total. The molecule has 1 aliphatic heterocycles. The quantitative estimate of drug-likeness (QED) is 0.611. The molecule has 0 N–H and O–H groups in total. The van der Waals surface area contributed by atoms with Crippen LogP contribution in [-0.2, 0) is 9.59 Å². The number of fused-ring (bicyclic) bond motifs is 1. The van der Waals surface area contributed by atoms with E-state index in [-0.39, 0.29) is 29.7 Å². The number of hydrogen-bond donors (Lipinski definition) is 0. The molecule has 0 aromatic heterocycles. The van der Waals surface area contributed by atoms with Crippen molar-refractivity contribution >= 4 is 11.8 Å². The molecule has 2 amide bonds. The Morgan fingerprint density at radius 3 is 2.00 bits per heavy atom. The van der Waals surface area contributed by atoms with Crippen molar-refractivity contribution in [1.82, 2.24) is 4.90 Å². The summed E-state index contributed by atoms with van der Waals surface area (Å²) >= 11 is 0. The number of imide groups is 1. The van der Waals surface area contributed by atoms with Crippen LogP contribution in [0.1, 0.15) is 36.9 Å². The minimum atomic E-state index is -0.179. The smallest absolute Gasteiger partial charge is 0.233 e. The van der Waals surface area contributed by atoms with Gasteiger partial charge in [-0.3, -0.25) is 14.5 Å². The highest BCUT2D eigenvalue weighted by atomic mass is 16.2. The molecule has 1 heterocycles. The van der Waals surface area contributed by atoms with Crippen LogP contribution in [0.2, 0.25) is 0 Å². The largest absolute Gasteiger partial charge is 0.275 e. The van der Waals surface area contributed by atoms with E-state index >= 15 is 0 Å². The molecule has 0 radical (unpaired) electrons. The highest BCUT2D eigenvalue weighted by Crippen LogP contribution is 2.39. The summed E-state index contributed by atoms with van der Waals surface area (Å²) in [6, 6.07) is 7.86. The molecular formula is C17H19NO2. The van der Waals surface area contributed by atoms with Crippen molar-refractivity contribution in [3.63, 3.8) is 0 Å². The van der Waals surface area contributed by atoms with Gasteiger partial charge in [-0.2, -0.15) is 0 Å². The highest BCUT2D eigenvalue weighted by Gasteiger charge is 2.48. The maximum atomic E-state index is 12.5. The van der Waals surface area contributed by atoms with Crippen molar-refractivity contribution in [2.24, 2.45) is 11.8 Å². The van der Waals surface area contributed by atoms with Gasteiger partial charge in [0.2, 0.25) is 11.8 Å². The Bertz CT molecular complexity index is 547. The Balaban J connectivity index is 1.88. The second-order valence-corrected chi connectivity index (χ2v) is 5.79. The number of nitrogens with zero attached hydrogens (tertiary/aromatic N) is 1. The van der Waals surface area contributed by atoms with Crippen molar-refractivity contribution < 1.29 is 9.59 Å². The monoisotopic (exact) mass is 269 g/mol. The number of rotatable bonds is 2. The van der Waals surface area contributed by atoms with E-state index in [0.717, 1.165) is 5.56 Å². The van der Waals surface area contributed by atoms with Crippen molar-refractivity contribution in [2.45, 2.75) is 32.7 Å². The van der Waals surface area contributed by atoms with Gasteiger partial charge in [-0.15, -0.1) is 0 Å². The zero-order valence-corrected chi connectivity index (χ0v) is 11.9. The van der Waals surface area contributed by atoms with E-state index in [1.54, 1.807) is 0 Å². The summed E-state index contributed by atoms with van der Waals surface area (Å²) in [6.07, 6.45) is 5.44. The molecule has 1 aromatic rings. The fourth-order valence-electron chi connectivity index (χ4n) is 3.20. The third kappa shape index (κ3) is 1.98. The lowest BCUT2D eigenvalue weighted by Crippen LogP contribution is -2.33. The molecule has 104 valence electrons. The normalized spacial score (nSPS) is 26.8. The van der Waals surface area contributed by atoms with E-state index in [9.17, 15) is 9.59 Å². The number of carbonyl (C=O) groups excluding carboxylic acids is 2. The fraction of sp³-hybridized carbons (Fsp3) is 0.412. The second kappa shape index (κ2) is 4.89. The van der Waals surface area contributed by atoms with Crippen LogP contribution in [0.3, 0.4) is 0 Å². The Hall–Kier alpha value is -1.90. The number of carbonyl (C=O) groups is 2. The molecule has 0 unspecified atom stereocenters. The summed E-state index contributed by atoms with van der Waals surface area (Å²) in [5.41, 5.74) is 2.20. The third-order valence-electron chi connectivity index (χ3n) is 4.49. The zero-order valence-electron chi connectivity index (χ0n) is 11.9. The molecular weight excluding hydrogens is 250 g/mol.